The molecule has 1 aromatic rings. The lowest BCUT2D eigenvalue weighted by molar-refractivity contribution is 0.483. The van der Waals surface area contributed by atoms with Crippen LogP contribution >= 0.6 is 0 Å². The van der Waals surface area contributed by atoms with E-state index in [0.29, 0.717) is 0 Å². The molecule has 0 bridgehead atoms. The first-order valence-electron chi connectivity index (χ1n) is 5.32. The Balaban J connectivity index is 0.000000396. The van der Waals surface area contributed by atoms with Gasteiger partial charge in [0.2, 0.25) is 0 Å². The van der Waals surface area contributed by atoms with Crippen molar-refractivity contribution >= 4 is 0 Å². The molecule has 2 heteroatoms. The molecule has 0 unspecified atom stereocenters. The van der Waals surface area contributed by atoms with Crippen LogP contribution in [-0.2, 0) is 13.0 Å². The summed E-state index contributed by atoms with van der Waals surface area (Å²) >= 11 is 0. The fraction of sp³-hybridized carbons (Fsp3) is 0.727. The van der Waals surface area contributed by atoms with Crippen molar-refractivity contribution < 1.29 is 0 Å². The molecular formula is C11H20N2. The molecule has 0 fully saturated rings. The van der Waals surface area contributed by atoms with Gasteiger partial charge in [0.1, 0.15) is 0 Å². The highest BCUT2D eigenvalue weighted by molar-refractivity contribution is 5.24. The molecule has 2 heterocycles. The van der Waals surface area contributed by atoms with E-state index in [1.165, 1.54) is 36.2 Å². The first-order valence-corrected chi connectivity index (χ1v) is 5.32. The number of fused-ring (bicyclic) bond motifs is 1. The van der Waals surface area contributed by atoms with Gasteiger partial charge >= 0.3 is 0 Å². The molecule has 1 aromatic heterocycles. The second-order valence-corrected chi connectivity index (χ2v) is 3.34. The zero-order chi connectivity index (χ0) is 9.84. The predicted octanol–water partition coefficient (Wildman–Crippen LogP) is 2.86. The SMILES string of the molecule is CC.Cc1nn2c(c1C)CCCC2. The van der Waals surface area contributed by atoms with Crippen LogP contribution in [0.15, 0.2) is 0 Å². The van der Waals surface area contributed by atoms with Crippen molar-refractivity contribution in [2.24, 2.45) is 0 Å². The number of hydrogen-bond acceptors (Lipinski definition) is 1. The maximum absolute atomic E-state index is 4.47. The number of hydrogen-bond donors (Lipinski definition) is 0. The number of nitrogens with zero attached hydrogens (tertiary/aromatic N) is 2. The van der Waals surface area contributed by atoms with Gasteiger partial charge in [-0.15, -0.1) is 0 Å². The molecule has 0 amide bonds. The van der Waals surface area contributed by atoms with Crippen molar-refractivity contribution in [1.82, 2.24) is 9.78 Å². The van der Waals surface area contributed by atoms with Crippen molar-refractivity contribution in [3.63, 3.8) is 0 Å². The first-order chi connectivity index (χ1) is 6.29. The first kappa shape index (κ1) is 10.3. The zero-order valence-corrected chi connectivity index (χ0v) is 9.22. The second-order valence-electron chi connectivity index (χ2n) is 3.34. The molecule has 2 rings (SSSR count). The molecule has 0 saturated carbocycles. The summed E-state index contributed by atoms with van der Waals surface area (Å²) in [7, 11) is 0. The van der Waals surface area contributed by atoms with E-state index in [1.807, 2.05) is 13.8 Å². The van der Waals surface area contributed by atoms with E-state index in [1.54, 1.807) is 0 Å². The van der Waals surface area contributed by atoms with Gasteiger partial charge in [0.25, 0.3) is 0 Å². The van der Waals surface area contributed by atoms with Gasteiger partial charge in [-0.1, -0.05) is 13.8 Å². The Morgan fingerprint density at radius 3 is 2.46 bits per heavy atom. The third kappa shape index (κ3) is 1.93. The molecule has 0 saturated heterocycles. The lowest BCUT2D eigenvalue weighted by atomic mass is 10.1. The van der Waals surface area contributed by atoms with Crippen LogP contribution in [0.25, 0.3) is 0 Å². The Hall–Kier alpha value is -0.790. The monoisotopic (exact) mass is 180 g/mol. The zero-order valence-electron chi connectivity index (χ0n) is 9.22. The summed E-state index contributed by atoms with van der Waals surface area (Å²) in [4.78, 5) is 0. The van der Waals surface area contributed by atoms with Crippen LogP contribution < -0.4 is 0 Å². The highest BCUT2D eigenvalue weighted by atomic mass is 15.3. The highest BCUT2D eigenvalue weighted by Gasteiger charge is 2.14. The van der Waals surface area contributed by atoms with Crippen molar-refractivity contribution in [3.05, 3.63) is 17.0 Å². The summed E-state index contributed by atoms with van der Waals surface area (Å²) in [5.41, 5.74) is 4.08. The number of aromatic nitrogens is 2. The molecule has 1 aliphatic rings. The number of rotatable bonds is 0. The van der Waals surface area contributed by atoms with Crippen molar-refractivity contribution in [2.45, 2.75) is 53.5 Å². The fourth-order valence-electron chi connectivity index (χ4n) is 1.77. The summed E-state index contributed by atoms with van der Waals surface area (Å²) in [5.74, 6) is 0. The van der Waals surface area contributed by atoms with Gasteiger partial charge in [-0.05, 0) is 38.7 Å². The smallest absolute Gasteiger partial charge is 0.0625 e. The maximum Gasteiger partial charge on any atom is 0.0625 e. The predicted molar refractivity (Wildman–Crippen MR) is 56.0 cm³/mol. The van der Waals surface area contributed by atoms with Gasteiger partial charge in [0, 0.05) is 12.2 Å². The van der Waals surface area contributed by atoms with Crippen LogP contribution in [0.1, 0.15) is 43.6 Å². The van der Waals surface area contributed by atoms with Gasteiger partial charge in [-0.25, -0.2) is 0 Å². The third-order valence-corrected chi connectivity index (χ3v) is 2.59. The number of aryl methyl sites for hydroxylation is 2. The largest absolute Gasteiger partial charge is 0.269 e. The molecule has 0 aliphatic carbocycles. The van der Waals surface area contributed by atoms with Crippen LogP contribution in [-0.4, -0.2) is 9.78 Å². The minimum Gasteiger partial charge on any atom is -0.269 e. The molecule has 0 N–H and O–H groups in total. The molecule has 13 heavy (non-hydrogen) atoms. The van der Waals surface area contributed by atoms with Crippen LogP contribution in [0.3, 0.4) is 0 Å². The molecule has 0 aromatic carbocycles. The van der Waals surface area contributed by atoms with Crippen LogP contribution in [0, 0.1) is 13.8 Å². The Kier molecular flexibility index (Phi) is 3.52. The van der Waals surface area contributed by atoms with E-state index in [-0.39, 0.29) is 0 Å². The summed E-state index contributed by atoms with van der Waals surface area (Å²) < 4.78 is 2.17. The third-order valence-electron chi connectivity index (χ3n) is 2.59. The van der Waals surface area contributed by atoms with Gasteiger partial charge in [-0.2, -0.15) is 5.10 Å². The summed E-state index contributed by atoms with van der Waals surface area (Å²) in [6.07, 6.45) is 3.87. The molecule has 74 valence electrons. The summed E-state index contributed by atoms with van der Waals surface area (Å²) in [6.45, 7) is 9.41. The molecule has 2 nitrogen and oxygen atoms in total. The normalized spacial score (nSPS) is 14.5. The lowest BCUT2D eigenvalue weighted by Gasteiger charge is -2.13. The maximum atomic E-state index is 4.47. The van der Waals surface area contributed by atoms with Gasteiger partial charge in [0.05, 0.1) is 5.69 Å². The topological polar surface area (TPSA) is 17.8 Å². The van der Waals surface area contributed by atoms with E-state index in [0.717, 1.165) is 6.54 Å². The second kappa shape index (κ2) is 4.45. The molecule has 0 atom stereocenters. The summed E-state index contributed by atoms with van der Waals surface area (Å²) in [6, 6.07) is 0. The van der Waals surface area contributed by atoms with E-state index < -0.39 is 0 Å². The lowest BCUT2D eigenvalue weighted by Crippen LogP contribution is -2.11. The molecule has 0 spiro atoms. The minimum absolute atomic E-state index is 1.13. The van der Waals surface area contributed by atoms with E-state index in [4.69, 9.17) is 0 Å². The van der Waals surface area contributed by atoms with Crippen LogP contribution in [0.4, 0.5) is 0 Å². The van der Waals surface area contributed by atoms with E-state index in [9.17, 15) is 0 Å². The van der Waals surface area contributed by atoms with Gasteiger partial charge in [0.15, 0.2) is 0 Å². The molecule has 1 aliphatic heterocycles. The van der Waals surface area contributed by atoms with Gasteiger partial charge < -0.3 is 0 Å². The standard InChI is InChI=1S/C9H14N2.C2H6/c1-7-8(2)10-11-6-4-3-5-9(7)11;1-2/h3-6H2,1-2H3;1-2H3. The minimum atomic E-state index is 1.13. The molecular weight excluding hydrogens is 160 g/mol. The Labute approximate surface area is 81.0 Å². The average Bonchev–Trinajstić information content (AvgIpc) is 2.47. The van der Waals surface area contributed by atoms with Crippen molar-refractivity contribution in [3.8, 4) is 0 Å². The quantitative estimate of drug-likeness (QED) is 0.600. The van der Waals surface area contributed by atoms with E-state index in [2.05, 4.69) is 23.6 Å². The van der Waals surface area contributed by atoms with Crippen molar-refractivity contribution in [1.29, 1.82) is 0 Å². The Bertz CT molecular complexity index is 274. The summed E-state index contributed by atoms with van der Waals surface area (Å²) in [5, 5.41) is 4.47. The van der Waals surface area contributed by atoms with Crippen LogP contribution in [0.2, 0.25) is 0 Å². The fourth-order valence-corrected chi connectivity index (χ4v) is 1.77. The average molecular weight is 180 g/mol. The van der Waals surface area contributed by atoms with Gasteiger partial charge in [-0.3, -0.25) is 4.68 Å². The Morgan fingerprint density at radius 2 is 1.85 bits per heavy atom. The van der Waals surface area contributed by atoms with E-state index >= 15 is 0 Å². The molecule has 0 radical (unpaired) electrons. The van der Waals surface area contributed by atoms with Crippen LogP contribution in [0.5, 0.6) is 0 Å². The highest BCUT2D eigenvalue weighted by Crippen LogP contribution is 2.19. The van der Waals surface area contributed by atoms with Crippen molar-refractivity contribution in [2.75, 3.05) is 0 Å². The Morgan fingerprint density at radius 1 is 1.15 bits per heavy atom.